The summed E-state index contributed by atoms with van der Waals surface area (Å²) in [5, 5.41) is 0. The Kier molecular flexibility index (Phi) is 4.45. The molecular formula is C14H28N2O. The number of nitrogens with zero attached hydrogens (tertiary/aromatic N) is 1. The van der Waals surface area contributed by atoms with Gasteiger partial charge in [-0.3, -0.25) is 4.90 Å². The van der Waals surface area contributed by atoms with Crippen LogP contribution in [0.15, 0.2) is 0 Å². The van der Waals surface area contributed by atoms with Crippen LogP contribution in [-0.2, 0) is 4.74 Å². The summed E-state index contributed by atoms with van der Waals surface area (Å²) in [6.45, 7) is 8.73. The van der Waals surface area contributed by atoms with Crippen LogP contribution in [0.3, 0.4) is 0 Å². The highest BCUT2D eigenvalue weighted by Crippen LogP contribution is 2.34. The third-order valence-electron chi connectivity index (χ3n) is 4.69. The lowest BCUT2D eigenvalue weighted by molar-refractivity contribution is -0.0812. The minimum absolute atomic E-state index is 0.230. The summed E-state index contributed by atoms with van der Waals surface area (Å²) in [6, 6.07) is 0. The van der Waals surface area contributed by atoms with Crippen molar-refractivity contribution in [2.75, 3.05) is 26.2 Å². The van der Waals surface area contributed by atoms with Crippen molar-refractivity contribution in [1.29, 1.82) is 0 Å². The first-order valence-corrected chi connectivity index (χ1v) is 7.27. The van der Waals surface area contributed by atoms with Gasteiger partial charge in [-0.15, -0.1) is 0 Å². The van der Waals surface area contributed by atoms with Gasteiger partial charge in [-0.1, -0.05) is 13.8 Å². The van der Waals surface area contributed by atoms with Crippen molar-refractivity contribution in [3.8, 4) is 0 Å². The maximum absolute atomic E-state index is 6.13. The fourth-order valence-corrected chi connectivity index (χ4v) is 3.48. The SMILES string of the molecule is CCC1CC(CN)(N2CCCC(C)C2)CCO1. The van der Waals surface area contributed by atoms with E-state index in [1.165, 1.54) is 25.9 Å². The van der Waals surface area contributed by atoms with Crippen molar-refractivity contribution in [3.63, 3.8) is 0 Å². The van der Waals surface area contributed by atoms with Crippen molar-refractivity contribution in [2.24, 2.45) is 11.7 Å². The molecule has 0 aromatic heterocycles. The van der Waals surface area contributed by atoms with Gasteiger partial charge in [0, 0.05) is 25.2 Å². The fraction of sp³-hybridized carbons (Fsp3) is 1.00. The van der Waals surface area contributed by atoms with E-state index in [0.717, 1.165) is 38.3 Å². The Hall–Kier alpha value is -0.120. The van der Waals surface area contributed by atoms with E-state index < -0.39 is 0 Å². The van der Waals surface area contributed by atoms with Gasteiger partial charge in [-0.05, 0) is 44.6 Å². The van der Waals surface area contributed by atoms with Crippen molar-refractivity contribution >= 4 is 0 Å². The standard InChI is InChI=1S/C14H28N2O/c1-3-13-9-14(11-15,6-8-17-13)16-7-4-5-12(2)10-16/h12-13H,3-11,15H2,1-2H3. The Morgan fingerprint density at radius 2 is 2.29 bits per heavy atom. The molecule has 0 aromatic carbocycles. The summed E-state index contributed by atoms with van der Waals surface area (Å²) in [5.74, 6) is 0.829. The molecule has 3 nitrogen and oxygen atoms in total. The van der Waals surface area contributed by atoms with Gasteiger partial charge < -0.3 is 10.5 Å². The van der Waals surface area contributed by atoms with Gasteiger partial charge in [0.15, 0.2) is 0 Å². The molecule has 2 heterocycles. The van der Waals surface area contributed by atoms with Crippen molar-refractivity contribution in [3.05, 3.63) is 0 Å². The Balaban J connectivity index is 2.06. The molecule has 3 atom stereocenters. The summed E-state index contributed by atoms with van der Waals surface area (Å²) in [7, 11) is 0. The summed E-state index contributed by atoms with van der Waals surface area (Å²) in [6.07, 6.45) is 6.50. The van der Waals surface area contributed by atoms with Crippen LogP contribution < -0.4 is 5.73 Å². The van der Waals surface area contributed by atoms with Crippen LogP contribution >= 0.6 is 0 Å². The van der Waals surface area contributed by atoms with E-state index in [0.29, 0.717) is 6.10 Å². The van der Waals surface area contributed by atoms with Gasteiger partial charge in [0.1, 0.15) is 0 Å². The highest BCUT2D eigenvalue weighted by Gasteiger charge is 2.41. The molecule has 2 saturated heterocycles. The molecule has 0 bridgehead atoms. The minimum Gasteiger partial charge on any atom is -0.378 e. The maximum atomic E-state index is 6.13. The van der Waals surface area contributed by atoms with E-state index in [4.69, 9.17) is 10.5 Å². The quantitative estimate of drug-likeness (QED) is 0.820. The number of nitrogens with two attached hydrogens (primary N) is 1. The summed E-state index contributed by atoms with van der Waals surface area (Å²) < 4.78 is 5.82. The monoisotopic (exact) mass is 240 g/mol. The lowest BCUT2D eigenvalue weighted by Gasteiger charge is -2.50. The van der Waals surface area contributed by atoms with Gasteiger partial charge in [0.05, 0.1) is 6.10 Å². The first-order valence-electron chi connectivity index (χ1n) is 7.27. The number of hydrogen-bond acceptors (Lipinski definition) is 3. The molecule has 2 rings (SSSR count). The van der Waals surface area contributed by atoms with Gasteiger partial charge in [0.25, 0.3) is 0 Å². The van der Waals surface area contributed by atoms with Crippen LogP contribution in [0.25, 0.3) is 0 Å². The van der Waals surface area contributed by atoms with Gasteiger partial charge in [-0.25, -0.2) is 0 Å². The van der Waals surface area contributed by atoms with Crippen LogP contribution in [0.2, 0.25) is 0 Å². The molecule has 0 aromatic rings. The lowest BCUT2D eigenvalue weighted by atomic mass is 9.82. The molecule has 0 spiro atoms. The molecular weight excluding hydrogens is 212 g/mol. The predicted molar refractivity (Wildman–Crippen MR) is 71.0 cm³/mol. The van der Waals surface area contributed by atoms with E-state index in [9.17, 15) is 0 Å². The van der Waals surface area contributed by atoms with Crippen molar-refractivity contribution < 1.29 is 4.74 Å². The zero-order valence-electron chi connectivity index (χ0n) is 11.5. The third-order valence-corrected chi connectivity index (χ3v) is 4.69. The highest BCUT2D eigenvalue weighted by molar-refractivity contribution is 4.97. The van der Waals surface area contributed by atoms with Crippen LogP contribution in [0.5, 0.6) is 0 Å². The van der Waals surface area contributed by atoms with E-state index in [1.54, 1.807) is 0 Å². The number of ether oxygens (including phenoxy) is 1. The zero-order chi connectivity index (χ0) is 12.3. The Labute approximate surface area is 106 Å². The average molecular weight is 240 g/mol. The maximum Gasteiger partial charge on any atom is 0.0590 e. The zero-order valence-corrected chi connectivity index (χ0v) is 11.5. The average Bonchev–Trinajstić information content (AvgIpc) is 2.38. The Morgan fingerprint density at radius 1 is 1.47 bits per heavy atom. The topological polar surface area (TPSA) is 38.5 Å². The first-order chi connectivity index (χ1) is 8.20. The van der Waals surface area contributed by atoms with E-state index in [-0.39, 0.29) is 5.54 Å². The number of piperidine rings is 1. The molecule has 3 heteroatoms. The number of likely N-dealkylation sites (tertiary alicyclic amines) is 1. The minimum atomic E-state index is 0.230. The van der Waals surface area contributed by atoms with Crippen LogP contribution in [0, 0.1) is 5.92 Å². The highest BCUT2D eigenvalue weighted by atomic mass is 16.5. The summed E-state index contributed by atoms with van der Waals surface area (Å²) in [4.78, 5) is 2.67. The van der Waals surface area contributed by atoms with E-state index in [1.807, 2.05) is 0 Å². The first kappa shape index (κ1) is 13.3. The molecule has 100 valence electrons. The largest absolute Gasteiger partial charge is 0.378 e. The smallest absolute Gasteiger partial charge is 0.0590 e. The van der Waals surface area contributed by atoms with Crippen molar-refractivity contribution in [2.45, 2.75) is 57.6 Å². The molecule has 0 amide bonds. The lowest BCUT2D eigenvalue weighted by Crippen LogP contribution is -2.60. The summed E-state index contributed by atoms with van der Waals surface area (Å²) >= 11 is 0. The molecule has 0 saturated carbocycles. The van der Waals surface area contributed by atoms with Crippen LogP contribution in [0.4, 0.5) is 0 Å². The normalized spacial score (nSPS) is 40.4. The summed E-state index contributed by atoms with van der Waals surface area (Å²) in [5.41, 5.74) is 6.36. The van der Waals surface area contributed by atoms with Gasteiger partial charge >= 0.3 is 0 Å². The van der Waals surface area contributed by atoms with E-state index in [2.05, 4.69) is 18.7 Å². The second kappa shape index (κ2) is 5.68. The molecule has 2 fully saturated rings. The Morgan fingerprint density at radius 3 is 2.94 bits per heavy atom. The molecule has 0 radical (unpaired) electrons. The molecule has 3 unspecified atom stereocenters. The van der Waals surface area contributed by atoms with Crippen LogP contribution in [0.1, 0.15) is 46.0 Å². The Bertz CT molecular complexity index is 246. The molecule has 17 heavy (non-hydrogen) atoms. The number of rotatable bonds is 3. The second-order valence-corrected chi connectivity index (χ2v) is 5.98. The predicted octanol–water partition coefficient (Wildman–Crippen LogP) is 2.00. The van der Waals surface area contributed by atoms with Crippen LogP contribution in [-0.4, -0.2) is 42.8 Å². The van der Waals surface area contributed by atoms with Crippen molar-refractivity contribution in [1.82, 2.24) is 4.90 Å². The molecule has 2 N–H and O–H groups in total. The molecule has 2 aliphatic rings. The van der Waals surface area contributed by atoms with Gasteiger partial charge in [-0.2, -0.15) is 0 Å². The second-order valence-electron chi connectivity index (χ2n) is 5.98. The molecule has 2 aliphatic heterocycles. The number of hydrogen-bond donors (Lipinski definition) is 1. The molecule has 0 aliphatic carbocycles. The third kappa shape index (κ3) is 2.83. The van der Waals surface area contributed by atoms with E-state index >= 15 is 0 Å². The fourth-order valence-electron chi connectivity index (χ4n) is 3.48. The van der Waals surface area contributed by atoms with Gasteiger partial charge in [0.2, 0.25) is 0 Å².